The predicted octanol–water partition coefficient (Wildman–Crippen LogP) is 3.09. The fraction of sp³-hybridized carbons (Fsp3) is 0.500. The van der Waals surface area contributed by atoms with Gasteiger partial charge in [0.05, 0.1) is 5.69 Å². The van der Waals surface area contributed by atoms with Gasteiger partial charge in [-0.1, -0.05) is 12.5 Å². The van der Waals surface area contributed by atoms with Crippen molar-refractivity contribution in [3.05, 3.63) is 47.8 Å². The van der Waals surface area contributed by atoms with E-state index in [0.29, 0.717) is 12.2 Å². The van der Waals surface area contributed by atoms with Gasteiger partial charge in [0.15, 0.2) is 5.96 Å². The van der Waals surface area contributed by atoms with E-state index in [1.165, 1.54) is 32.4 Å². The SMILES string of the molecule is CN=C(NCCN1CCCCC1)NCc1ccc(-n2ccnc2C)c(F)c1.I. The van der Waals surface area contributed by atoms with Crippen molar-refractivity contribution in [3.8, 4) is 5.69 Å². The van der Waals surface area contributed by atoms with Crippen LogP contribution in [0.15, 0.2) is 35.6 Å². The van der Waals surface area contributed by atoms with Crippen molar-refractivity contribution in [2.24, 2.45) is 4.99 Å². The van der Waals surface area contributed by atoms with Crippen LogP contribution in [0.4, 0.5) is 4.39 Å². The summed E-state index contributed by atoms with van der Waals surface area (Å²) in [6, 6.07) is 5.27. The van der Waals surface area contributed by atoms with Crippen LogP contribution < -0.4 is 10.6 Å². The molecule has 0 unspecified atom stereocenters. The minimum Gasteiger partial charge on any atom is -0.355 e. The Labute approximate surface area is 183 Å². The molecule has 1 aromatic carbocycles. The predicted molar refractivity (Wildman–Crippen MR) is 122 cm³/mol. The molecule has 0 amide bonds. The molecule has 0 atom stereocenters. The topological polar surface area (TPSA) is 57.5 Å². The van der Waals surface area contributed by atoms with Gasteiger partial charge in [-0.05, 0) is 50.6 Å². The van der Waals surface area contributed by atoms with Gasteiger partial charge in [0, 0.05) is 39.1 Å². The van der Waals surface area contributed by atoms with Crippen molar-refractivity contribution in [3.63, 3.8) is 0 Å². The molecule has 1 fully saturated rings. The molecule has 28 heavy (non-hydrogen) atoms. The highest BCUT2D eigenvalue weighted by atomic mass is 127. The minimum atomic E-state index is -0.261. The van der Waals surface area contributed by atoms with Crippen LogP contribution in [0.3, 0.4) is 0 Å². The summed E-state index contributed by atoms with van der Waals surface area (Å²) in [6.45, 7) is 6.63. The first kappa shape index (κ1) is 22.6. The van der Waals surface area contributed by atoms with Gasteiger partial charge in [-0.2, -0.15) is 0 Å². The van der Waals surface area contributed by atoms with E-state index < -0.39 is 0 Å². The van der Waals surface area contributed by atoms with Crippen molar-refractivity contribution >= 4 is 29.9 Å². The Balaban J connectivity index is 0.00000280. The number of aliphatic imine (C=N–C) groups is 1. The summed E-state index contributed by atoms with van der Waals surface area (Å²) < 4.78 is 16.2. The maximum absolute atomic E-state index is 14.5. The van der Waals surface area contributed by atoms with E-state index in [1.54, 1.807) is 36.1 Å². The van der Waals surface area contributed by atoms with Crippen LogP contribution in [-0.4, -0.2) is 53.6 Å². The third-order valence-electron chi connectivity index (χ3n) is 4.95. The lowest BCUT2D eigenvalue weighted by atomic mass is 10.1. The Morgan fingerprint density at radius 2 is 2.00 bits per heavy atom. The molecular weight excluding hydrogens is 470 g/mol. The van der Waals surface area contributed by atoms with E-state index >= 15 is 0 Å². The monoisotopic (exact) mass is 500 g/mol. The van der Waals surface area contributed by atoms with Crippen molar-refractivity contribution in [2.45, 2.75) is 32.7 Å². The van der Waals surface area contributed by atoms with Crippen LogP contribution in [-0.2, 0) is 6.54 Å². The number of rotatable bonds is 6. The minimum absolute atomic E-state index is 0. The third kappa shape index (κ3) is 6.16. The molecule has 0 radical (unpaired) electrons. The number of benzene rings is 1. The van der Waals surface area contributed by atoms with E-state index in [2.05, 4.69) is 25.5 Å². The number of guanidine groups is 1. The molecule has 2 N–H and O–H groups in total. The smallest absolute Gasteiger partial charge is 0.191 e. The second-order valence-corrected chi connectivity index (χ2v) is 6.89. The number of likely N-dealkylation sites (tertiary alicyclic amines) is 1. The molecule has 1 saturated heterocycles. The average Bonchev–Trinajstić information content (AvgIpc) is 3.11. The Morgan fingerprint density at radius 3 is 2.64 bits per heavy atom. The summed E-state index contributed by atoms with van der Waals surface area (Å²) in [5.41, 5.74) is 1.38. The molecule has 1 aliphatic heterocycles. The highest BCUT2D eigenvalue weighted by Crippen LogP contribution is 2.16. The summed E-state index contributed by atoms with van der Waals surface area (Å²) in [7, 11) is 1.75. The Morgan fingerprint density at radius 1 is 1.21 bits per heavy atom. The highest BCUT2D eigenvalue weighted by Gasteiger charge is 2.10. The normalized spacial score (nSPS) is 15.2. The van der Waals surface area contributed by atoms with E-state index in [4.69, 9.17) is 0 Å². The van der Waals surface area contributed by atoms with Gasteiger partial charge in [0.2, 0.25) is 0 Å². The van der Waals surface area contributed by atoms with Crippen molar-refractivity contribution in [1.29, 1.82) is 0 Å². The van der Waals surface area contributed by atoms with Crippen LogP contribution >= 0.6 is 24.0 Å². The molecule has 8 heteroatoms. The van der Waals surface area contributed by atoms with E-state index in [-0.39, 0.29) is 29.8 Å². The lowest BCUT2D eigenvalue weighted by Gasteiger charge is -2.26. The number of imidazole rings is 1. The number of aromatic nitrogens is 2. The molecule has 0 aliphatic carbocycles. The van der Waals surface area contributed by atoms with Crippen LogP contribution in [0.2, 0.25) is 0 Å². The van der Waals surface area contributed by atoms with Crippen molar-refractivity contribution < 1.29 is 4.39 Å². The molecule has 0 bridgehead atoms. The first-order chi connectivity index (χ1) is 13.2. The molecule has 1 aromatic heterocycles. The standard InChI is InChI=1S/C20H29FN6.HI/c1-16-23-9-13-27(16)19-7-6-17(14-18(19)21)15-25-20(22-2)24-8-12-26-10-4-3-5-11-26;/h6-7,9,13-14H,3-5,8,10-12,15H2,1-2H3,(H2,22,24,25);1H. The van der Waals surface area contributed by atoms with Crippen LogP contribution in [0.5, 0.6) is 0 Å². The van der Waals surface area contributed by atoms with Crippen molar-refractivity contribution in [2.75, 3.05) is 33.2 Å². The van der Waals surface area contributed by atoms with Gasteiger partial charge >= 0.3 is 0 Å². The fourth-order valence-corrected chi connectivity index (χ4v) is 3.41. The number of halogens is 2. The molecular formula is C20H30FIN6. The van der Waals surface area contributed by atoms with Crippen LogP contribution in [0, 0.1) is 12.7 Å². The average molecular weight is 500 g/mol. The number of hydrogen-bond acceptors (Lipinski definition) is 3. The molecule has 2 heterocycles. The summed E-state index contributed by atoms with van der Waals surface area (Å²) in [4.78, 5) is 10.9. The third-order valence-corrected chi connectivity index (χ3v) is 4.95. The Hall–Kier alpha value is -1.68. The van der Waals surface area contributed by atoms with Crippen LogP contribution in [0.1, 0.15) is 30.7 Å². The summed E-state index contributed by atoms with van der Waals surface area (Å²) in [5.74, 6) is 1.24. The van der Waals surface area contributed by atoms with Gasteiger partial charge in [0.25, 0.3) is 0 Å². The lowest BCUT2D eigenvalue weighted by Crippen LogP contribution is -2.42. The van der Waals surface area contributed by atoms with Gasteiger partial charge in [-0.15, -0.1) is 24.0 Å². The second-order valence-electron chi connectivity index (χ2n) is 6.89. The number of nitrogens with one attached hydrogen (secondary N) is 2. The first-order valence-electron chi connectivity index (χ1n) is 9.63. The van der Waals surface area contributed by atoms with Crippen LogP contribution in [0.25, 0.3) is 5.69 Å². The number of hydrogen-bond donors (Lipinski definition) is 2. The van der Waals surface area contributed by atoms with Gasteiger partial charge in [-0.3, -0.25) is 4.99 Å². The maximum Gasteiger partial charge on any atom is 0.191 e. The zero-order valence-electron chi connectivity index (χ0n) is 16.6. The zero-order chi connectivity index (χ0) is 19.1. The molecule has 1 aliphatic rings. The van der Waals surface area contributed by atoms with Gasteiger partial charge in [-0.25, -0.2) is 9.37 Å². The van der Waals surface area contributed by atoms with Gasteiger partial charge < -0.3 is 20.1 Å². The highest BCUT2D eigenvalue weighted by molar-refractivity contribution is 14.0. The summed E-state index contributed by atoms with van der Waals surface area (Å²) >= 11 is 0. The van der Waals surface area contributed by atoms with E-state index in [9.17, 15) is 4.39 Å². The van der Waals surface area contributed by atoms with Crippen molar-refractivity contribution in [1.82, 2.24) is 25.1 Å². The molecule has 2 aromatic rings. The Kier molecular flexibility index (Phi) is 9.17. The Bertz CT molecular complexity index is 770. The largest absolute Gasteiger partial charge is 0.355 e. The van der Waals surface area contributed by atoms with E-state index in [0.717, 1.165) is 30.4 Å². The molecule has 154 valence electrons. The first-order valence-corrected chi connectivity index (χ1v) is 9.63. The van der Waals surface area contributed by atoms with Gasteiger partial charge in [0.1, 0.15) is 11.6 Å². The zero-order valence-corrected chi connectivity index (χ0v) is 18.9. The molecule has 0 saturated carbocycles. The van der Waals surface area contributed by atoms with E-state index in [1.807, 2.05) is 13.0 Å². The molecule has 3 rings (SSSR count). The second kappa shape index (κ2) is 11.4. The summed E-state index contributed by atoms with van der Waals surface area (Å²) in [6.07, 6.45) is 7.38. The lowest BCUT2D eigenvalue weighted by molar-refractivity contribution is 0.232. The number of piperidine rings is 1. The number of aryl methyl sites for hydroxylation is 1. The molecule has 0 spiro atoms. The quantitative estimate of drug-likeness (QED) is 0.364. The molecule has 6 nitrogen and oxygen atoms in total. The fourth-order valence-electron chi connectivity index (χ4n) is 3.41. The number of nitrogens with zero attached hydrogens (tertiary/aromatic N) is 4. The maximum atomic E-state index is 14.5. The summed E-state index contributed by atoms with van der Waals surface area (Å²) in [5, 5.41) is 6.58.